The number of hydrogen-bond donors (Lipinski definition) is 2. The summed E-state index contributed by atoms with van der Waals surface area (Å²) in [4.78, 5) is 12.2. The van der Waals surface area contributed by atoms with Crippen LogP contribution < -0.4 is 10.6 Å². The van der Waals surface area contributed by atoms with E-state index in [-0.39, 0.29) is 5.92 Å². The molecule has 17 heavy (non-hydrogen) atoms. The van der Waals surface area contributed by atoms with Crippen LogP contribution in [0.2, 0.25) is 0 Å². The zero-order valence-corrected chi connectivity index (χ0v) is 11.0. The van der Waals surface area contributed by atoms with Crippen LogP contribution in [0.5, 0.6) is 0 Å². The van der Waals surface area contributed by atoms with Gasteiger partial charge in [0.1, 0.15) is 0 Å². The molecule has 0 aromatic carbocycles. The second kappa shape index (κ2) is 6.39. The first-order valence-corrected chi connectivity index (χ1v) is 7.27. The van der Waals surface area contributed by atoms with E-state index in [1.54, 1.807) is 0 Å². The van der Waals surface area contributed by atoms with Gasteiger partial charge in [-0.15, -0.1) is 0 Å². The quantitative estimate of drug-likeness (QED) is 0.723. The Kier molecular flexibility index (Phi) is 4.84. The molecule has 3 nitrogen and oxygen atoms in total. The molecule has 1 aliphatic carbocycles. The third-order valence-corrected chi connectivity index (χ3v) is 4.14. The molecule has 1 saturated carbocycles. The molecule has 2 atom stereocenters. The van der Waals surface area contributed by atoms with E-state index in [0.717, 1.165) is 32.4 Å². The van der Waals surface area contributed by atoms with Gasteiger partial charge >= 0.3 is 0 Å². The minimum Gasteiger partial charge on any atom is -0.352 e. The Hall–Kier alpha value is -0.570. The monoisotopic (exact) mass is 238 g/mol. The lowest BCUT2D eigenvalue weighted by molar-refractivity contribution is -0.126. The predicted octanol–water partition coefficient (Wildman–Crippen LogP) is 2.07. The van der Waals surface area contributed by atoms with Gasteiger partial charge < -0.3 is 10.6 Å². The molecule has 98 valence electrons. The number of piperidine rings is 1. The summed E-state index contributed by atoms with van der Waals surface area (Å²) in [7, 11) is 0. The van der Waals surface area contributed by atoms with Crippen LogP contribution in [0.1, 0.15) is 51.9 Å². The van der Waals surface area contributed by atoms with Crippen LogP contribution in [0.25, 0.3) is 0 Å². The Bertz CT molecular complexity index is 247. The highest BCUT2D eigenvalue weighted by Crippen LogP contribution is 2.23. The van der Waals surface area contributed by atoms with Crippen molar-refractivity contribution in [1.29, 1.82) is 0 Å². The minimum absolute atomic E-state index is 0.287. The Morgan fingerprint density at radius 3 is 2.47 bits per heavy atom. The average molecular weight is 238 g/mol. The van der Waals surface area contributed by atoms with Gasteiger partial charge in [0.05, 0.1) is 0 Å². The molecule has 0 radical (unpaired) electrons. The number of carbonyl (C=O) groups excluding carboxylic acids is 1. The Morgan fingerprint density at radius 1 is 1.12 bits per heavy atom. The summed E-state index contributed by atoms with van der Waals surface area (Å²) >= 11 is 0. The van der Waals surface area contributed by atoms with Crippen molar-refractivity contribution in [3.8, 4) is 0 Å². The number of hydrogen-bond acceptors (Lipinski definition) is 2. The molecule has 2 N–H and O–H groups in total. The predicted molar refractivity (Wildman–Crippen MR) is 69.8 cm³/mol. The van der Waals surface area contributed by atoms with E-state index >= 15 is 0 Å². The van der Waals surface area contributed by atoms with Crippen molar-refractivity contribution in [2.45, 2.75) is 57.9 Å². The summed E-state index contributed by atoms with van der Waals surface area (Å²) < 4.78 is 0. The van der Waals surface area contributed by atoms with Crippen molar-refractivity contribution >= 4 is 5.91 Å². The highest BCUT2D eigenvalue weighted by Gasteiger charge is 2.24. The first-order valence-electron chi connectivity index (χ1n) is 7.27. The maximum Gasteiger partial charge on any atom is 0.223 e. The SMILES string of the molecule is CC1CNCC(NC(=O)C2CCCCCC2)C1. The van der Waals surface area contributed by atoms with E-state index < -0.39 is 0 Å². The van der Waals surface area contributed by atoms with Crippen molar-refractivity contribution in [3.63, 3.8) is 0 Å². The van der Waals surface area contributed by atoms with Gasteiger partial charge in [-0.25, -0.2) is 0 Å². The van der Waals surface area contributed by atoms with Gasteiger partial charge in [-0.2, -0.15) is 0 Å². The lowest BCUT2D eigenvalue weighted by atomic mass is 9.95. The lowest BCUT2D eigenvalue weighted by Gasteiger charge is -2.29. The van der Waals surface area contributed by atoms with Crippen LogP contribution in [0.15, 0.2) is 0 Å². The molecule has 2 aliphatic rings. The first kappa shape index (κ1) is 12.9. The van der Waals surface area contributed by atoms with Gasteiger partial charge in [0.2, 0.25) is 5.91 Å². The number of carbonyl (C=O) groups is 1. The van der Waals surface area contributed by atoms with Crippen LogP contribution in [-0.2, 0) is 4.79 Å². The molecule has 1 saturated heterocycles. The Morgan fingerprint density at radius 2 is 1.82 bits per heavy atom. The Balaban J connectivity index is 1.78. The maximum atomic E-state index is 12.2. The van der Waals surface area contributed by atoms with Crippen molar-refractivity contribution in [2.24, 2.45) is 11.8 Å². The van der Waals surface area contributed by atoms with E-state index in [2.05, 4.69) is 17.6 Å². The topological polar surface area (TPSA) is 41.1 Å². The van der Waals surface area contributed by atoms with Gasteiger partial charge in [0.25, 0.3) is 0 Å². The average Bonchev–Trinajstić information content (AvgIpc) is 2.57. The first-order chi connectivity index (χ1) is 8.25. The summed E-state index contributed by atoms with van der Waals surface area (Å²) in [6, 6.07) is 0.356. The normalized spacial score (nSPS) is 31.8. The van der Waals surface area contributed by atoms with E-state index in [9.17, 15) is 4.79 Å². The summed E-state index contributed by atoms with van der Waals surface area (Å²) in [5.74, 6) is 1.28. The van der Waals surface area contributed by atoms with E-state index in [4.69, 9.17) is 0 Å². The highest BCUT2D eigenvalue weighted by molar-refractivity contribution is 5.79. The molecule has 3 heteroatoms. The largest absolute Gasteiger partial charge is 0.352 e. The molecule has 0 aromatic rings. The van der Waals surface area contributed by atoms with Crippen molar-refractivity contribution in [1.82, 2.24) is 10.6 Å². The van der Waals surface area contributed by atoms with E-state index in [1.165, 1.54) is 25.7 Å². The summed E-state index contributed by atoms with van der Waals surface area (Å²) in [5, 5.41) is 6.64. The highest BCUT2D eigenvalue weighted by atomic mass is 16.1. The summed E-state index contributed by atoms with van der Waals surface area (Å²) in [6.45, 7) is 4.29. The van der Waals surface area contributed by atoms with E-state index in [0.29, 0.717) is 17.9 Å². The van der Waals surface area contributed by atoms with Crippen LogP contribution in [0.3, 0.4) is 0 Å². The third-order valence-electron chi connectivity index (χ3n) is 4.14. The van der Waals surface area contributed by atoms with E-state index in [1.807, 2.05) is 0 Å². The molecule has 2 fully saturated rings. The number of amides is 1. The standard InChI is InChI=1S/C14H26N2O/c1-11-8-13(10-15-9-11)16-14(17)12-6-4-2-3-5-7-12/h11-13,15H,2-10H2,1H3,(H,16,17). The molecule has 1 aliphatic heterocycles. The van der Waals surface area contributed by atoms with Crippen LogP contribution in [0.4, 0.5) is 0 Å². The molecule has 1 amide bonds. The van der Waals surface area contributed by atoms with Crippen LogP contribution >= 0.6 is 0 Å². The van der Waals surface area contributed by atoms with Crippen LogP contribution in [0, 0.1) is 11.8 Å². The summed E-state index contributed by atoms with van der Waals surface area (Å²) in [6.07, 6.45) is 8.42. The molecule has 0 aromatic heterocycles. The smallest absolute Gasteiger partial charge is 0.223 e. The zero-order valence-electron chi connectivity index (χ0n) is 11.0. The molecule has 2 rings (SSSR count). The molecule has 1 heterocycles. The molecule has 0 spiro atoms. The fourth-order valence-electron chi connectivity index (χ4n) is 3.13. The second-order valence-electron chi connectivity index (χ2n) is 5.89. The van der Waals surface area contributed by atoms with Crippen molar-refractivity contribution < 1.29 is 4.79 Å². The molecular weight excluding hydrogens is 212 g/mol. The van der Waals surface area contributed by atoms with Gasteiger partial charge in [0.15, 0.2) is 0 Å². The van der Waals surface area contributed by atoms with Gasteiger partial charge in [0, 0.05) is 18.5 Å². The van der Waals surface area contributed by atoms with Gasteiger partial charge in [-0.05, 0) is 31.7 Å². The minimum atomic E-state index is 0.287. The van der Waals surface area contributed by atoms with Crippen molar-refractivity contribution in [2.75, 3.05) is 13.1 Å². The van der Waals surface area contributed by atoms with Gasteiger partial charge in [-0.3, -0.25) is 4.79 Å². The lowest BCUT2D eigenvalue weighted by Crippen LogP contribution is -2.49. The molecule has 0 bridgehead atoms. The number of nitrogens with one attached hydrogen (secondary N) is 2. The fourth-order valence-corrected chi connectivity index (χ4v) is 3.13. The molecule has 2 unspecified atom stereocenters. The Labute approximate surface area is 105 Å². The fraction of sp³-hybridized carbons (Fsp3) is 0.929. The number of rotatable bonds is 2. The second-order valence-corrected chi connectivity index (χ2v) is 5.89. The summed E-state index contributed by atoms with van der Waals surface area (Å²) in [5.41, 5.74) is 0. The zero-order chi connectivity index (χ0) is 12.1. The third kappa shape index (κ3) is 3.98. The van der Waals surface area contributed by atoms with Gasteiger partial charge in [-0.1, -0.05) is 32.6 Å². The molecular formula is C14H26N2O. The maximum absolute atomic E-state index is 12.2. The van der Waals surface area contributed by atoms with Crippen LogP contribution in [-0.4, -0.2) is 25.0 Å². The van der Waals surface area contributed by atoms with Crippen molar-refractivity contribution in [3.05, 3.63) is 0 Å².